The van der Waals surface area contributed by atoms with Gasteiger partial charge in [-0.3, -0.25) is 0 Å². The van der Waals surface area contributed by atoms with Gasteiger partial charge in [0, 0.05) is 30.3 Å². The Balaban J connectivity index is 1.81. The van der Waals surface area contributed by atoms with E-state index < -0.39 is 0 Å². The minimum atomic E-state index is 0.571. The standard InChI is InChI=1S/C15H21ClN2/c16-14-5-6-15(13(7-14)8-17)18(9-11-1-2-11)10-12-3-4-12/h5-7,11-12H,1-4,8-10,17H2. The van der Waals surface area contributed by atoms with Crippen molar-refractivity contribution in [2.75, 3.05) is 18.0 Å². The van der Waals surface area contributed by atoms with E-state index in [-0.39, 0.29) is 0 Å². The lowest BCUT2D eigenvalue weighted by Crippen LogP contribution is -2.29. The number of halogens is 1. The molecule has 0 aromatic heterocycles. The summed E-state index contributed by atoms with van der Waals surface area (Å²) in [5.74, 6) is 1.81. The Kier molecular flexibility index (Phi) is 3.49. The van der Waals surface area contributed by atoms with Crippen molar-refractivity contribution in [2.24, 2.45) is 17.6 Å². The topological polar surface area (TPSA) is 29.3 Å². The monoisotopic (exact) mass is 264 g/mol. The van der Waals surface area contributed by atoms with Gasteiger partial charge in [-0.1, -0.05) is 11.6 Å². The molecule has 1 aromatic carbocycles. The molecule has 1 aromatic rings. The van der Waals surface area contributed by atoms with Gasteiger partial charge in [-0.2, -0.15) is 0 Å². The summed E-state index contributed by atoms with van der Waals surface area (Å²) in [7, 11) is 0. The van der Waals surface area contributed by atoms with Gasteiger partial charge in [0.25, 0.3) is 0 Å². The summed E-state index contributed by atoms with van der Waals surface area (Å²) in [6.45, 7) is 2.97. The molecule has 2 saturated carbocycles. The largest absolute Gasteiger partial charge is 0.371 e. The molecule has 2 nitrogen and oxygen atoms in total. The molecule has 18 heavy (non-hydrogen) atoms. The molecule has 98 valence electrons. The lowest BCUT2D eigenvalue weighted by Gasteiger charge is -2.27. The Morgan fingerprint density at radius 3 is 2.22 bits per heavy atom. The zero-order chi connectivity index (χ0) is 12.5. The minimum absolute atomic E-state index is 0.571. The van der Waals surface area contributed by atoms with Gasteiger partial charge >= 0.3 is 0 Å². The van der Waals surface area contributed by atoms with E-state index in [1.165, 1.54) is 50.0 Å². The maximum Gasteiger partial charge on any atom is 0.0412 e. The van der Waals surface area contributed by atoms with Crippen molar-refractivity contribution in [1.82, 2.24) is 0 Å². The van der Waals surface area contributed by atoms with Crippen LogP contribution in [0.4, 0.5) is 5.69 Å². The summed E-state index contributed by atoms with van der Waals surface area (Å²) < 4.78 is 0. The molecular formula is C15H21ClN2. The highest BCUT2D eigenvalue weighted by Gasteiger charge is 2.30. The van der Waals surface area contributed by atoms with Gasteiger partial charge in [-0.15, -0.1) is 0 Å². The smallest absolute Gasteiger partial charge is 0.0412 e. The number of hydrogen-bond donors (Lipinski definition) is 1. The van der Waals surface area contributed by atoms with Crippen LogP contribution in [0.3, 0.4) is 0 Å². The van der Waals surface area contributed by atoms with E-state index in [0.29, 0.717) is 6.54 Å². The summed E-state index contributed by atoms with van der Waals surface area (Å²) >= 11 is 6.06. The Morgan fingerprint density at radius 2 is 1.72 bits per heavy atom. The molecule has 0 unspecified atom stereocenters. The Hall–Kier alpha value is -0.730. The molecular weight excluding hydrogens is 244 g/mol. The van der Waals surface area contributed by atoms with Crippen LogP contribution in [0, 0.1) is 11.8 Å². The maximum absolute atomic E-state index is 6.06. The number of nitrogens with two attached hydrogens (primary N) is 1. The lowest BCUT2D eigenvalue weighted by molar-refractivity contribution is 0.676. The third-order valence-electron chi connectivity index (χ3n) is 3.95. The van der Waals surface area contributed by atoms with Crippen LogP contribution in [-0.4, -0.2) is 13.1 Å². The third kappa shape index (κ3) is 2.99. The zero-order valence-corrected chi connectivity index (χ0v) is 11.5. The predicted molar refractivity (Wildman–Crippen MR) is 77.0 cm³/mol. The molecule has 2 fully saturated rings. The van der Waals surface area contributed by atoms with E-state index in [9.17, 15) is 0 Å². The molecule has 0 radical (unpaired) electrons. The van der Waals surface area contributed by atoms with Crippen LogP contribution < -0.4 is 10.6 Å². The van der Waals surface area contributed by atoms with Crippen LogP contribution in [0.5, 0.6) is 0 Å². The molecule has 0 bridgehead atoms. The second kappa shape index (κ2) is 5.10. The van der Waals surface area contributed by atoms with Gasteiger partial charge in [-0.25, -0.2) is 0 Å². The third-order valence-corrected chi connectivity index (χ3v) is 4.19. The highest BCUT2D eigenvalue weighted by atomic mass is 35.5. The molecule has 3 heteroatoms. The Bertz CT molecular complexity index is 411. The molecule has 0 saturated heterocycles. The Labute approximate surface area is 114 Å². The first kappa shape index (κ1) is 12.3. The molecule has 2 aliphatic rings. The first-order valence-corrected chi connectivity index (χ1v) is 7.37. The number of benzene rings is 1. The molecule has 0 aliphatic heterocycles. The van der Waals surface area contributed by atoms with Crippen molar-refractivity contribution in [1.29, 1.82) is 0 Å². The van der Waals surface area contributed by atoms with Gasteiger partial charge in [0.2, 0.25) is 0 Å². The molecule has 3 rings (SSSR count). The van der Waals surface area contributed by atoms with Crippen molar-refractivity contribution < 1.29 is 0 Å². The van der Waals surface area contributed by atoms with Crippen LogP contribution >= 0.6 is 11.6 Å². The van der Waals surface area contributed by atoms with Crippen LogP contribution in [-0.2, 0) is 6.54 Å². The molecule has 0 atom stereocenters. The quantitative estimate of drug-likeness (QED) is 0.853. The maximum atomic E-state index is 6.06. The highest BCUT2D eigenvalue weighted by molar-refractivity contribution is 6.30. The van der Waals surface area contributed by atoms with Crippen LogP contribution in [0.25, 0.3) is 0 Å². The fraction of sp³-hybridized carbons (Fsp3) is 0.600. The molecule has 0 heterocycles. The average molecular weight is 265 g/mol. The Morgan fingerprint density at radius 1 is 1.11 bits per heavy atom. The van der Waals surface area contributed by atoms with Crippen molar-refractivity contribution in [3.63, 3.8) is 0 Å². The second-order valence-corrected chi connectivity index (χ2v) is 6.21. The first-order valence-electron chi connectivity index (χ1n) is 6.99. The van der Waals surface area contributed by atoms with Crippen LogP contribution in [0.15, 0.2) is 18.2 Å². The second-order valence-electron chi connectivity index (χ2n) is 5.77. The van der Waals surface area contributed by atoms with E-state index in [4.69, 9.17) is 17.3 Å². The van der Waals surface area contributed by atoms with E-state index in [1.54, 1.807) is 0 Å². The number of anilines is 1. The predicted octanol–water partition coefficient (Wildman–Crippen LogP) is 3.43. The molecule has 2 N–H and O–H groups in total. The summed E-state index contributed by atoms with van der Waals surface area (Å²) in [4.78, 5) is 2.55. The summed E-state index contributed by atoms with van der Waals surface area (Å²) in [5, 5.41) is 0.789. The number of nitrogens with zero attached hydrogens (tertiary/aromatic N) is 1. The first-order chi connectivity index (χ1) is 8.76. The van der Waals surface area contributed by atoms with E-state index in [0.717, 1.165) is 16.9 Å². The van der Waals surface area contributed by atoms with Crippen molar-refractivity contribution >= 4 is 17.3 Å². The summed E-state index contributed by atoms with van der Waals surface area (Å²) in [5.41, 5.74) is 8.36. The summed E-state index contributed by atoms with van der Waals surface area (Å²) in [6, 6.07) is 6.15. The fourth-order valence-electron chi connectivity index (χ4n) is 2.52. The number of hydrogen-bond acceptors (Lipinski definition) is 2. The van der Waals surface area contributed by atoms with Crippen LogP contribution in [0.1, 0.15) is 31.2 Å². The minimum Gasteiger partial charge on any atom is -0.371 e. The van der Waals surface area contributed by atoms with Gasteiger partial charge in [-0.05, 0) is 61.3 Å². The normalized spacial score (nSPS) is 19.0. The van der Waals surface area contributed by atoms with Crippen molar-refractivity contribution in [3.8, 4) is 0 Å². The van der Waals surface area contributed by atoms with E-state index in [2.05, 4.69) is 11.0 Å². The van der Waals surface area contributed by atoms with E-state index >= 15 is 0 Å². The van der Waals surface area contributed by atoms with Gasteiger partial charge in [0.1, 0.15) is 0 Å². The zero-order valence-electron chi connectivity index (χ0n) is 10.7. The van der Waals surface area contributed by atoms with Crippen molar-refractivity contribution in [2.45, 2.75) is 32.2 Å². The molecule has 2 aliphatic carbocycles. The average Bonchev–Trinajstić information content (AvgIpc) is 3.23. The summed E-state index contributed by atoms with van der Waals surface area (Å²) in [6.07, 6.45) is 5.58. The van der Waals surface area contributed by atoms with Gasteiger partial charge in [0.05, 0.1) is 0 Å². The fourth-order valence-corrected chi connectivity index (χ4v) is 2.72. The highest BCUT2D eigenvalue weighted by Crippen LogP contribution is 2.37. The van der Waals surface area contributed by atoms with Gasteiger partial charge in [0.15, 0.2) is 0 Å². The van der Waals surface area contributed by atoms with Crippen molar-refractivity contribution in [3.05, 3.63) is 28.8 Å². The SMILES string of the molecule is NCc1cc(Cl)ccc1N(CC1CC1)CC1CC1. The molecule has 0 amide bonds. The van der Waals surface area contributed by atoms with Crippen LogP contribution in [0.2, 0.25) is 5.02 Å². The molecule has 0 spiro atoms. The lowest BCUT2D eigenvalue weighted by atomic mass is 10.1. The van der Waals surface area contributed by atoms with E-state index in [1.807, 2.05) is 12.1 Å². The number of rotatable bonds is 6. The van der Waals surface area contributed by atoms with Gasteiger partial charge < -0.3 is 10.6 Å².